The molecule has 1 heterocycles. The summed E-state index contributed by atoms with van der Waals surface area (Å²) in [6.07, 6.45) is 1.06. The van der Waals surface area contributed by atoms with Crippen LogP contribution < -0.4 is 5.43 Å². The lowest BCUT2D eigenvalue weighted by Crippen LogP contribution is -2.25. The monoisotopic (exact) mass is 265 g/mol. The minimum atomic E-state index is -0.131. The van der Waals surface area contributed by atoms with E-state index in [2.05, 4.69) is 15.5 Å². The molecule has 98 valence electrons. The summed E-state index contributed by atoms with van der Waals surface area (Å²) in [4.78, 5) is 14.9. The second-order valence-corrected chi connectivity index (χ2v) is 4.18. The Hall–Kier alpha value is -2.99. The van der Waals surface area contributed by atoms with Crippen LogP contribution in [0.1, 0.15) is 24.0 Å². The maximum absolute atomic E-state index is 11.0. The van der Waals surface area contributed by atoms with E-state index in [1.165, 1.54) is 0 Å². The number of hydrogen-bond donors (Lipinski definition) is 1. The molecule has 0 saturated heterocycles. The lowest BCUT2D eigenvalue weighted by atomic mass is 10.0. The Morgan fingerprint density at radius 3 is 2.50 bits per heavy atom. The number of carbonyl (C=O) groups is 1. The maximum Gasteiger partial charge on any atom is 0.240 e. The Bertz CT molecular complexity index is 642. The van der Waals surface area contributed by atoms with Gasteiger partial charge in [0, 0.05) is 12.8 Å². The molecule has 2 rings (SSSR count). The van der Waals surface area contributed by atoms with Crippen LogP contribution in [0, 0.1) is 22.7 Å². The number of carbonyl (C=O) groups excluding carboxylic acids is 1. The molecule has 20 heavy (non-hydrogen) atoms. The molecular formula is C14H11N5O. The first kappa shape index (κ1) is 13.4. The average Bonchev–Trinajstić information content (AvgIpc) is 2.50. The largest absolute Gasteiger partial charge is 0.273 e. The van der Waals surface area contributed by atoms with Crippen molar-refractivity contribution in [2.24, 2.45) is 10.1 Å². The Kier molecular flexibility index (Phi) is 4.21. The summed E-state index contributed by atoms with van der Waals surface area (Å²) in [5.74, 6) is -0.0692. The number of nitrogens with one attached hydrogen (secondary N) is 1. The molecule has 6 heteroatoms. The fraction of sp³-hybridized carbons (Fsp3) is 0.214. The highest BCUT2D eigenvalue weighted by Gasteiger charge is 2.12. The van der Waals surface area contributed by atoms with Gasteiger partial charge < -0.3 is 0 Å². The second-order valence-electron chi connectivity index (χ2n) is 4.18. The summed E-state index contributed by atoms with van der Waals surface area (Å²) in [5.41, 5.74) is 5.01. The zero-order valence-corrected chi connectivity index (χ0v) is 10.6. The summed E-state index contributed by atoms with van der Waals surface area (Å²) in [5, 5.41) is 21.2. The van der Waals surface area contributed by atoms with E-state index >= 15 is 0 Å². The van der Waals surface area contributed by atoms with Gasteiger partial charge in [-0.15, -0.1) is 0 Å². The molecule has 0 unspecified atom stereocenters. The highest BCUT2D eigenvalue weighted by Crippen LogP contribution is 2.12. The molecule has 1 aliphatic rings. The topological polar surface area (TPSA) is 101 Å². The van der Waals surface area contributed by atoms with Gasteiger partial charge in [0.15, 0.2) is 0 Å². The number of hydrazone groups is 1. The van der Waals surface area contributed by atoms with E-state index < -0.39 is 0 Å². The lowest BCUT2D eigenvalue weighted by Gasteiger charge is -2.12. The van der Waals surface area contributed by atoms with Gasteiger partial charge in [-0.3, -0.25) is 9.79 Å². The predicted molar refractivity (Wildman–Crippen MR) is 72.7 cm³/mol. The maximum atomic E-state index is 11.0. The quantitative estimate of drug-likeness (QED) is 0.833. The molecule has 1 N–H and O–H groups in total. The van der Waals surface area contributed by atoms with Crippen molar-refractivity contribution in [3.8, 4) is 12.1 Å². The Balaban J connectivity index is 2.08. The van der Waals surface area contributed by atoms with Gasteiger partial charge in [-0.2, -0.15) is 15.6 Å². The Morgan fingerprint density at radius 2 is 1.95 bits per heavy atom. The van der Waals surface area contributed by atoms with E-state index in [-0.39, 0.29) is 11.6 Å². The van der Waals surface area contributed by atoms with Crippen LogP contribution >= 0.6 is 0 Å². The molecule has 0 atom stereocenters. The first-order valence-corrected chi connectivity index (χ1v) is 6.02. The van der Waals surface area contributed by atoms with Crippen molar-refractivity contribution in [2.45, 2.75) is 19.4 Å². The molecule has 0 aromatic heterocycles. The van der Waals surface area contributed by atoms with Crippen molar-refractivity contribution in [3.05, 3.63) is 35.4 Å². The number of benzene rings is 1. The summed E-state index contributed by atoms with van der Waals surface area (Å²) >= 11 is 0. The summed E-state index contributed by atoms with van der Waals surface area (Å²) < 4.78 is 0. The fourth-order valence-corrected chi connectivity index (χ4v) is 1.75. The van der Waals surface area contributed by atoms with Gasteiger partial charge in [0.1, 0.15) is 12.1 Å². The minimum Gasteiger partial charge on any atom is -0.273 e. The number of rotatable bonds is 3. The van der Waals surface area contributed by atoms with Crippen LogP contribution in [-0.2, 0) is 11.3 Å². The number of aliphatic imine (C=N–C) groups is 1. The SMILES string of the molecule is N#CC(C#N)=NCc1ccc(C2=NNC(=O)CC2)cc1. The molecule has 1 amide bonds. The van der Waals surface area contributed by atoms with Crippen molar-refractivity contribution in [1.29, 1.82) is 10.5 Å². The van der Waals surface area contributed by atoms with Crippen molar-refractivity contribution < 1.29 is 4.79 Å². The van der Waals surface area contributed by atoms with E-state index in [0.717, 1.165) is 16.8 Å². The third-order valence-corrected chi connectivity index (χ3v) is 2.82. The Morgan fingerprint density at radius 1 is 1.25 bits per heavy atom. The number of nitrogens with zero attached hydrogens (tertiary/aromatic N) is 4. The van der Waals surface area contributed by atoms with Crippen LogP contribution in [0.2, 0.25) is 0 Å². The third-order valence-electron chi connectivity index (χ3n) is 2.82. The second kappa shape index (κ2) is 6.26. The average molecular weight is 265 g/mol. The van der Waals surface area contributed by atoms with Crippen LogP contribution in [-0.4, -0.2) is 17.3 Å². The highest BCUT2D eigenvalue weighted by molar-refractivity contribution is 6.10. The Labute approximate surface area is 116 Å². The first-order chi connectivity index (χ1) is 9.72. The normalized spacial score (nSPS) is 13.5. The number of amides is 1. The molecule has 0 radical (unpaired) electrons. The molecule has 1 aromatic rings. The molecular weight excluding hydrogens is 254 g/mol. The van der Waals surface area contributed by atoms with Gasteiger partial charge in [-0.25, -0.2) is 5.43 Å². The molecule has 0 saturated carbocycles. The van der Waals surface area contributed by atoms with Gasteiger partial charge in [-0.1, -0.05) is 24.3 Å². The van der Waals surface area contributed by atoms with Crippen molar-refractivity contribution in [1.82, 2.24) is 5.43 Å². The van der Waals surface area contributed by atoms with E-state index in [4.69, 9.17) is 10.5 Å². The van der Waals surface area contributed by atoms with E-state index in [9.17, 15) is 4.79 Å². The van der Waals surface area contributed by atoms with Gasteiger partial charge >= 0.3 is 0 Å². The molecule has 0 bridgehead atoms. The summed E-state index contributed by atoms with van der Waals surface area (Å²) in [6, 6.07) is 10.9. The minimum absolute atomic E-state index is 0.0692. The molecule has 6 nitrogen and oxygen atoms in total. The van der Waals surface area contributed by atoms with Crippen LogP contribution in [0.3, 0.4) is 0 Å². The smallest absolute Gasteiger partial charge is 0.240 e. The standard InChI is InChI=1S/C14H11N5O/c15-7-12(8-16)17-9-10-1-3-11(4-2-10)13-5-6-14(20)19-18-13/h1-4H,5-6,9H2,(H,19,20). The third kappa shape index (κ3) is 3.27. The molecule has 0 aliphatic carbocycles. The van der Waals surface area contributed by atoms with E-state index in [1.807, 2.05) is 24.3 Å². The van der Waals surface area contributed by atoms with Crippen LogP contribution in [0.5, 0.6) is 0 Å². The van der Waals surface area contributed by atoms with Crippen molar-refractivity contribution in [2.75, 3.05) is 0 Å². The van der Waals surface area contributed by atoms with Gasteiger partial charge in [0.2, 0.25) is 11.6 Å². The number of nitriles is 2. The zero-order valence-electron chi connectivity index (χ0n) is 10.6. The highest BCUT2D eigenvalue weighted by atomic mass is 16.2. The summed E-state index contributed by atoms with van der Waals surface area (Å²) in [6.45, 7) is 0.292. The first-order valence-electron chi connectivity index (χ1n) is 6.02. The predicted octanol–water partition coefficient (Wildman–Crippen LogP) is 1.29. The van der Waals surface area contributed by atoms with Gasteiger partial charge in [-0.05, 0) is 11.1 Å². The summed E-state index contributed by atoms with van der Waals surface area (Å²) in [7, 11) is 0. The van der Waals surface area contributed by atoms with E-state index in [0.29, 0.717) is 19.4 Å². The van der Waals surface area contributed by atoms with Crippen molar-refractivity contribution in [3.63, 3.8) is 0 Å². The molecule has 1 aromatic carbocycles. The fourth-order valence-electron chi connectivity index (χ4n) is 1.75. The molecule has 0 spiro atoms. The lowest BCUT2D eigenvalue weighted by molar-refractivity contribution is -0.121. The number of hydrogen-bond acceptors (Lipinski definition) is 5. The zero-order chi connectivity index (χ0) is 14.4. The molecule has 1 aliphatic heterocycles. The van der Waals surface area contributed by atoms with Gasteiger partial charge in [0.25, 0.3) is 0 Å². The van der Waals surface area contributed by atoms with Crippen LogP contribution in [0.15, 0.2) is 34.4 Å². The molecule has 0 fully saturated rings. The van der Waals surface area contributed by atoms with Crippen LogP contribution in [0.4, 0.5) is 0 Å². The van der Waals surface area contributed by atoms with E-state index in [1.54, 1.807) is 12.1 Å². The van der Waals surface area contributed by atoms with Crippen molar-refractivity contribution >= 4 is 17.3 Å². The van der Waals surface area contributed by atoms with Crippen LogP contribution in [0.25, 0.3) is 0 Å². The van der Waals surface area contributed by atoms with Gasteiger partial charge in [0.05, 0.1) is 12.3 Å².